The first-order valence-electron chi connectivity index (χ1n) is 8.59. The van der Waals surface area contributed by atoms with Crippen molar-refractivity contribution >= 4 is 17.9 Å². The zero-order chi connectivity index (χ0) is 21.0. The summed E-state index contributed by atoms with van der Waals surface area (Å²) < 4.78 is 31.8. The van der Waals surface area contributed by atoms with E-state index in [4.69, 9.17) is 28.4 Å². The number of rotatable bonds is 7. The van der Waals surface area contributed by atoms with E-state index >= 15 is 0 Å². The number of benzene rings is 2. The summed E-state index contributed by atoms with van der Waals surface area (Å²) in [4.78, 5) is 16.7. The fourth-order valence-corrected chi connectivity index (χ4v) is 2.78. The molecule has 0 amide bonds. The van der Waals surface area contributed by atoms with Crippen LogP contribution in [0.4, 0.5) is 0 Å². The van der Waals surface area contributed by atoms with Crippen molar-refractivity contribution in [1.82, 2.24) is 0 Å². The highest BCUT2D eigenvalue weighted by Gasteiger charge is 2.26. The fourth-order valence-electron chi connectivity index (χ4n) is 2.78. The van der Waals surface area contributed by atoms with E-state index in [2.05, 4.69) is 4.99 Å². The van der Waals surface area contributed by atoms with Crippen LogP contribution in [-0.2, 0) is 9.53 Å². The molecule has 0 bridgehead atoms. The zero-order valence-corrected chi connectivity index (χ0v) is 16.8. The summed E-state index contributed by atoms with van der Waals surface area (Å²) in [6.07, 6.45) is 1.56. The molecule has 2 aromatic rings. The highest BCUT2D eigenvalue weighted by atomic mass is 16.6. The monoisotopic (exact) mass is 399 g/mol. The zero-order valence-electron chi connectivity index (χ0n) is 16.8. The summed E-state index contributed by atoms with van der Waals surface area (Å²) in [5.41, 5.74) is 1.26. The van der Waals surface area contributed by atoms with Gasteiger partial charge in [-0.05, 0) is 24.3 Å². The van der Waals surface area contributed by atoms with Crippen molar-refractivity contribution in [3.05, 3.63) is 47.2 Å². The van der Waals surface area contributed by atoms with Gasteiger partial charge >= 0.3 is 5.97 Å². The van der Waals surface area contributed by atoms with Gasteiger partial charge < -0.3 is 28.4 Å². The number of nitrogens with zero attached hydrogens (tertiary/aromatic N) is 1. The maximum absolute atomic E-state index is 12.4. The molecule has 8 nitrogen and oxygen atoms in total. The first kappa shape index (κ1) is 20.1. The molecule has 0 atom stereocenters. The number of ether oxygens (including phenoxy) is 6. The van der Waals surface area contributed by atoms with Crippen LogP contribution in [-0.4, -0.2) is 47.4 Å². The predicted molar refractivity (Wildman–Crippen MR) is 106 cm³/mol. The van der Waals surface area contributed by atoms with Crippen LogP contribution in [0.15, 0.2) is 41.0 Å². The molecule has 152 valence electrons. The number of cyclic esters (lactones) is 1. The molecule has 3 rings (SSSR count). The van der Waals surface area contributed by atoms with Crippen LogP contribution >= 0.6 is 0 Å². The van der Waals surface area contributed by atoms with E-state index in [-0.39, 0.29) is 11.6 Å². The number of hydrogen-bond donors (Lipinski definition) is 0. The lowest BCUT2D eigenvalue weighted by molar-refractivity contribution is -0.129. The molecule has 2 aromatic carbocycles. The quantitative estimate of drug-likeness (QED) is 0.522. The molecular formula is C21H21NO7. The SMILES string of the molecule is COc1cc(OC)cc(C2=N/C(=C\c3cc(OC)c(OC)cc3OC)C(=O)O2)c1. The summed E-state index contributed by atoms with van der Waals surface area (Å²) in [6, 6.07) is 8.48. The molecule has 1 aliphatic heterocycles. The molecule has 0 N–H and O–H groups in total. The van der Waals surface area contributed by atoms with E-state index in [1.807, 2.05) is 0 Å². The van der Waals surface area contributed by atoms with Crippen molar-refractivity contribution in [3.63, 3.8) is 0 Å². The van der Waals surface area contributed by atoms with E-state index in [1.165, 1.54) is 35.5 Å². The molecular weight excluding hydrogens is 378 g/mol. The number of methoxy groups -OCH3 is 5. The molecule has 8 heteroatoms. The highest BCUT2D eigenvalue weighted by Crippen LogP contribution is 2.36. The lowest BCUT2D eigenvalue weighted by atomic mass is 10.1. The van der Waals surface area contributed by atoms with Crippen LogP contribution in [0.1, 0.15) is 11.1 Å². The Morgan fingerprint density at radius 1 is 0.759 bits per heavy atom. The van der Waals surface area contributed by atoms with Crippen molar-refractivity contribution < 1.29 is 33.2 Å². The Labute approximate surface area is 168 Å². The third-order valence-corrected chi connectivity index (χ3v) is 4.25. The van der Waals surface area contributed by atoms with Gasteiger partial charge in [-0.1, -0.05) is 0 Å². The summed E-state index contributed by atoms with van der Waals surface area (Å²) in [7, 11) is 7.65. The molecule has 1 aliphatic rings. The van der Waals surface area contributed by atoms with Gasteiger partial charge in [0.05, 0.1) is 35.5 Å². The van der Waals surface area contributed by atoms with Crippen molar-refractivity contribution in [2.75, 3.05) is 35.5 Å². The smallest absolute Gasteiger partial charge is 0.363 e. The number of hydrogen-bond acceptors (Lipinski definition) is 8. The van der Waals surface area contributed by atoms with Crippen molar-refractivity contribution in [2.45, 2.75) is 0 Å². The van der Waals surface area contributed by atoms with Crippen LogP contribution in [0.25, 0.3) is 6.08 Å². The normalized spacial score (nSPS) is 14.3. The largest absolute Gasteiger partial charge is 0.497 e. The first-order valence-corrected chi connectivity index (χ1v) is 8.59. The summed E-state index contributed by atoms with van der Waals surface area (Å²) >= 11 is 0. The van der Waals surface area contributed by atoms with E-state index in [1.54, 1.807) is 36.4 Å². The Balaban J connectivity index is 2.03. The molecule has 0 aromatic heterocycles. The van der Waals surface area contributed by atoms with Gasteiger partial charge in [0.1, 0.15) is 17.2 Å². The summed E-state index contributed by atoms with van der Waals surface area (Å²) in [5.74, 6) is 2.17. The minimum absolute atomic E-state index is 0.118. The Bertz CT molecular complexity index is 973. The van der Waals surface area contributed by atoms with Gasteiger partial charge in [0.25, 0.3) is 0 Å². The van der Waals surface area contributed by atoms with E-state index in [0.29, 0.717) is 39.9 Å². The van der Waals surface area contributed by atoms with E-state index < -0.39 is 5.97 Å². The molecule has 0 radical (unpaired) electrons. The summed E-state index contributed by atoms with van der Waals surface area (Å²) in [6.45, 7) is 0. The molecule has 0 saturated carbocycles. The van der Waals surface area contributed by atoms with Crippen LogP contribution in [0.5, 0.6) is 28.7 Å². The predicted octanol–water partition coefficient (Wildman–Crippen LogP) is 3.07. The molecule has 0 aliphatic carbocycles. The molecule has 0 saturated heterocycles. The van der Waals surface area contributed by atoms with Crippen LogP contribution < -0.4 is 23.7 Å². The molecule has 1 heterocycles. The second-order valence-corrected chi connectivity index (χ2v) is 5.89. The second kappa shape index (κ2) is 8.55. The van der Waals surface area contributed by atoms with Crippen LogP contribution in [0.3, 0.4) is 0 Å². The van der Waals surface area contributed by atoms with Gasteiger partial charge in [0.2, 0.25) is 5.90 Å². The van der Waals surface area contributed by atoms with Gasteiger partial charge in [-0.25, -0.2) is 9.79 Å². The van der Waals surface area contributed by atoms with Crippen molar-refractivity contribution in [1.29, 1.82) is 0 Å². The Morgan fingerprint density at radius 2 is 1.34 bits per heavy atom. The van der Waals surface area contributed by atoms with Gasteiger partial charge in [-0.2, -0.15) is 0 Å². The molecule has 0 spiro atoms. The Hall–Kier alpha value is -3.68. The van der Waals surface area contributed by atoms with E-state index in [0.717, 1.165) is 0 Å². The second-order valence-electron chi connectivity index (χ2n) is 5.89. The average molecular weight is 399 g/mol. The lowest BCUT2D eigenvalue weighted by Crippen LogP contribution is -2.06. The Kier molecular flexibility index (Phi) is 5.92. The third kappa shape index (κ3) is 4.11. The number of aliphatic imine (C=N–C) groups is 1. The first-order chi connectivity index (χ1) is 14.0. The molecule has 29 heavy (non-hydrogen) atoms. The van der Waals surface area contributed by atoms with Gasteiger partial charge in [0.15, 0.2) is 17.2 Å². The van der Waals surface area contributed by atoms with Crippen molar-refractivity contribution in [3.8, 4) is 28.7 Å². The van der Waals surface area contributed by atoms with Gasteiger partial charge in [-0.3, -0.25) is 0 Å². The lowest BCUT2D eigenvalue weighted by Gasteiger charge is -2.12. The van der Waals surface area contributed by atoms with Crippen molar-refractivity contribution in [2.24, 2.45) is 4.99 Å². The summed E-state index contributed by atoms with van der Waals surface area (Å²) in [5, 5.41) is 0. The topological polar surface area (TPSA) is 84.8 Å². The van der Waals surface area contributed by atoms with E-state index in [9.17, 15) is 4.79 Å². The molecule has 0 fully saturated rings. The minimum Gasteiger partial charge on any atom is -0.497 e. The minimum atomic E-state index is -0.585. The maximum Gasteiger partial charge on any atom is 0.363 e. The fraction of sp³-hybridized carbons (Fsp3) is 0.238. The number of carbonyl (C=O) groups is 1. The standard InChI is InChI=1S/C21H21NO7/c1-24-14-6-13(7-15(10-14)25-2)20-22-16(21(23)29-20)8-12-9-18(27-4)19(28-5)11-17(12)26-3/h6-11H,1-5H3/b16-8-. The number of esters is 1. The Morgan fingerprint density at radius 3 is 1.90 bits per heavy atom. The number of carbonyl (C=O) groups excluding carboxylic acids is 1. The maximum atomic E-state index is 12.4. The van der Waals surface area contributed by atoms with Crippen LogP contribution in [0.2, 0.25) is 0 Å². The highest BCUT2D eigenvalue weighted by molar-refractivity contribution is 6.13. The third-order valence-electron chi connectivity index (χ3n) is 4.25. The van der Waals surface area contributed by atoms with Gasteiger partial charge in [-0.15, -0.1) is 0 Å². The van der Waals surface area contributed by atoms with Gasteiger partial charge in [0, 0.05) is 23.3 Å². The average Bonchev–Trinajstić information content (AvgIpc) is 3.13. The van der Waals surface area contributed by atoms with Crippen LogP contribution in [0, 0.1) is 0 Å². The molecule has 0 unspecified atom stereocenters.